The van der Waals surface area contributed by atoms with Gasteiger partial charge in [-0.05, 0) is 19.8 Å². The highest BCUT2D eigenvalue weighted by molar-refractivity contribution is 6.17. The van der Waals surface area contributed by atoms with E-state index in [4.69, 9.17) is 16.3 Å². The summed E-state index contributed by atoms with van der Waals surface area (Å²) < 4.78 is 5.12. The molecule has 0 aliphatic heterocycles. The van der Waals surface area contributed by atoms with Gasteiger partial charge in [-0.3, -0.25) is 4.79 Å². The second kappa shape index (κ2) is 5.85. The average Bonchev–Trinajstić information content (AvgIpc) is 2.00. The van der Waals surface area contributed by atoms with Crippen molar-refractivity contribution < 1.29 is 9.53 Å². The first-order valence-electron chi connectivity index (χ1n) is 4.16. The zero-order valence-corrected chi connectivity index (χ0v) is 8.86. The maximum Gasteiger partial charge on any atom is 0.303 e. The second-order valence-corrected chi connectivity index (χ2v) is 3.43. The van der Waals surface area contributed by atoms with Gasteiger partial charge in [0.2, 0.25) is 0 Å². The number of esters is 1. The molecule has 3 heteroatoms. The Morgan fingerprint density at radius 3 is 2.77 bits per heavy atom. The molecule has 0 rings (SSSR count). The first kappa shape index (κ1) is 12.3. The van der Waals surface area contributed by atoms with Crippen LogP contribution in [0.1, 0.15) is 26.7 Å². The molecule has 0 saturated carbocycles. The fourth-order valence-electron chi connectivity index (χ4n) is 1.11. The Hall–Kier alpha value is -0.720. The van der Waals surface area contributed by atoms with Gasteiger partial charge in [-0.15, -0.1) is 17.3 Å². The SMILES string of the molecule is C=C=CC(C)(CCCCl)OC(C)=O. The molecule has 0 saturated heterocycles. The van der Waals surface area contributed by atoms with Crippen molar-refractivity contribution in [3.05, 3.63) is 18.4 Å². The summed E-state index contributed by atoms with van der Waals surface area (Å²) in [6, 6.07) is 0. The molecule has 13 heavy (non-hydrogen) atoms. The van der Waals surface area contributed by atoms with Crippen molar-refractivity contribution in [3.63, 3.8) is 0 Å². The number of rotatable bonds is 5. The Kier molecular flexibility index (Phi) is 5.52. The summed E-state index contributed by atoms with van der Waals surface area (Å²) in [6.45, 7) is 6.66. The van der Waals surface area contributed by atoms with E-state index >= 15 is 0 Å². The topological polar surface area (TPSA) is 26.3 Å². The van der Waals surface area contributed by atoms with Crippen molar-refractivity contribution in [3.8, 4) is 0 Å². The van der Waals surface area contributed by atoms with Crippen molar-refractivity contribution in [2.45, 2.75) is 32.3 Å². The van der Waals surface area contributed by atoms with E-state index in [-0.39, 0.29) is 5.97 Å². The molecular formula is C10H15ClO2. The molecule has 0 aromatic carbocycles. The van der Waals surface area contributed by atoms with Crippen LogP contribution in [-0.2, 0) is 9.53 Å². The minimum Gasteiger partial charge on any atom is -0.455 e. The summed E-state index contributed by atoms with van der Waals surface area (Å²) >= 11 is 5.55. The molecule has 0 N–H and O–H groups in total. The van der Waals surface area contributed by atoms with Crippen LogP contribution in [0.15, 0.2) is 18.4 Å². The lowest BCUT2D eigenvalue weighted by molar-refractivity contribution is -0.151. The van der Waals surface area contributed by atoms with Gasteiger partial charge in [-0.25, -0.2) is 0 Å². The molecule has 1 atom stereocenters. The number of alkyl halides is 1. The van der Waals surface area contributed by atoms with Crippen LogP contribution in [0.2, 0.25) is 0 Å². The number of ether oxygens (including phenoxy) is 1. The standard InChI is InChI=1S/C10H15ClO2/c1-4-6-10(3,7-5-8-11)13-9(2)12/h6H,1,5,7-8H2,2-3H3. The van der Waals surface area contributed by atoms with Gasteiger partial charge in [0.25, 0.3) is 0 Å². The lowest BCUT2D eigenvalue weighted by Gasteiger charge is -2.24. The molecule has 0 radical (unpaired) electrons. The Bertz CT molecular complexity index is 219. The lowest BCUT2D eigenvalue weighted by atomic mass is 10.0. The van der Waals surface area contributed by atoms with Crippen LogP contribution in [0.5, 0.6) is 0 Å². The Balaban J connectivity index is 4.32. The van der Waals surface area contributed by atoms with Crippen molar-refractivity contribution in [1.29, 1.82) is 0 Å². The first-order valence-corrected chi connectivity index (χ1v) is 4.70. The summed E-state index contributed by atoms with van der Waals surface area (Å²) in [6.07, 6.45) is 3.14. The van der Waals surface area contributed by atoms with Crippen molar-refractivity contribution >= 4 is 17.6 Å². The number of carbonyl (C=O) groups is 1. The van der Waals surface area contributed by atoms with Gasteiger partial charge in [0.15, 0.2) is 0 Å². The predicted octanol–water partition coefficient (Wildman–Crippen LogP) is 2.67. The second-order valence-electron chi connectivity index (χ2n) is 3.05. The van der Waals surface area contributed by atoms with E-state index in [0.717, 1.165) is 6.42 Å². The monoisotopic (exact) mass is 202 g/mol. The Morgan fingerprint density at radius 2 is 2.38 bits per heavy atom. The summed E-state index contributed by atoms with van der Waals surface area (Å²) in [5.74, 6) is 0.255. The largest absolute Gasteiger partial charge is 0.455 e. The third kappa shape index (κ3) is 5.51. The molecule has 0 spiro atoms. The highest BCUT2D eigenvalue weighted by atomic mass is 35.5. The van der Waals surface area contributed by atoms with E-state index in [9.17, 15) is 4.79 Å². The van der Waals surface area contributed by atoms with E-state index in [2.05, 4.69) is 12.3 Å². The van der Waals surface area contributed by atoms with Gasteiger partial charge in [-0.1, -0.05) is 6.58 Å². The minimum atomic E-state index is -0.609. The van der Waals surface area contributed by atoms with Crippen molar-refractivity contribution in [2.75, 3.05) is 5.88 Å². The van der Waals surface area contributed by atoms with Gasteiger partial charge in [0, 0.05) is 18.9 Å². The van der Waals surface area contributed by atoms with E-state index in [1.54, 1.807) is 6.08 Å². The van der Waals surface area contributed by atoms with Crippen LogP contribution in [0.25, 0.3) is 0 Å². The maximum absolute atomic E-state index is 10.8. The molecule has 0 heterocycles. The fourth-order valence-corrected chi connectivity index (χ4v) is 1.25. The molecule has 0 amide bonds. The molecule has 0 bridgehead atoms. The number of carbonyl (C=O) groups excluding carboxylic acids is 1. The third-order valence-corrected chi connectivity index (χ3v) is 1.86. The molecule has 0 aromatic heterocycles. The van der Waals surface area contributed by atoms with Crippen LogP contribution in [0, 0.1) is 0 Å². The maximum atomic E-state index is 10.8. The van der Waals surface area contributed by atoms with Crippen molar-refractivity contribution in [1.82, 2.24) is 0 Å². The average molecular weight is 203 g/mol. The van der Waals surface area contributed by atoms with Crippen LogP contribution in [0.4, 0.5) is 0 Å². The first-order chi connectivity index (χ1) is 6.04. The highest BCUT2D eigenvalue weighted by Gasteiger charge is 2.23. The molecule has 0 fully saturated rings. The summed E-state index contributed by atoms with van der Waals surface area (Å²) in [5.41, 5.74) is 2.02. The van der Waals surface area contributed by atoms with E-state index < -0.39 is 5.60 Å². The fraction of sp³-hybridized carbons (Fsp3) is 0.600. The number of hydrogen-bond donors (Lipinski definition) is 0. The molecule has 0 aliphatic rings. The Labute approximate surface area is 84.2 Å². The molecular weight excluding hydrogens is 188 g/mol. The normalized spacial score (nSPS) is 14.1. The van der Waals surface area contributed by atoms with Crippen LogP contribution in [0.3, 0.4) is 0 Å². The quantitative estimate of drug-likeness (QED) is 0.389. The smallest absolute Gasteiger partial charge is 0.303 e. The minimum absolute atomic E-state index is 0.302. The van der Waals surface area contributed by atoms with E-state index in [1.807, 2.05) is 6.92 Å². The van der Waals surface area contributed by atoms with Crippen LogP contribution < -0.4 is 0 Å². The molecule has 2 nitrogen and oxygen atoms in total. The van der Waals surface area contributed by atoms with Crippen molar-refractivity contribution in [2.24, 2.45) is 0 Å². The summed E-state index contributed by atoms with van der Waals surface area (Å²) in [4.78, 5) is 10.8. The molecule has 1 unspecified atom stereocenters. The van der Waals surface area contributed by atoms with Gasteiger partial charge >= 0.3 is 5.97 Å². The number of hydrogen-bond acceptors (Lipinski definition) is 2. The molecule has 0 aliphatic carbocycles. The lowest BCUT2D eigenvalue weighted by Crippen LogP contribution is -2.28. The summed E-state index contributed by atoms with van der Waals surface area (Å²) in [7, 11) is 0. The van der Waals surface area contributed by atoms with Gasteiger partial charge in [-0.2, -0.15) is 0 Å². The predicted molar refractivity (Wildman–Crippen MR) is 53.8 cm³/mol. The number of halogens is 1. The molecule has 0 aromatic rings. The van der Waals surface area contributed by atoms with Crippen LogP contribution in [-0.4, -0.2) is 17.5 Å². The Morgan fingerprint density at radius 1 is 1.77 bits per heavy atom. The van der Waals surface area contributed by atoms with E-state index in [1.165, 1.54) is 6.92 Å². The zero-order valence-electron chi connectivity index (χ0n) is 8.10. The molecule has 74 valence electrons. The third-order valence-electron chi connectivity index (χ3n) is 1.59. The van der Waals surface area contributed by atoms with E-state index in [0.29, 0.717) is 12.3 Å². The van der Waals surface area contributed by atoms with Crippen LogP contribution >= 0.6 is 11.6 Å². The highest BCUT2D eigenvalue weighted by Crippen LogP contribution is 2.19. The summed E-state index contributed by atoms with van der Waals surface area (Å²) in [5, 5.41) is 0. The zero-order chi connectivity index (χ0) is 10.3. The van der Waals surface area contributed by atoms with Gasteiger partial charge < -0.3 is 4.74 Å². The van der Waals surface area contributed by atoms with Gasteiger partial charge in [0.1, 0.15) is 5.60 Å². The van der Waals surface area contributed by atoms with Gasteiger partial charge in [0.05, 0.1) is 0 Å².